The Morgan fingerprint density at radius 1 is 1.00 bits per heavy atom. The summed E-state index contributed by atoms with van der Waals surface area (Å²) >= 11 is 5.92. The zero-order valence-corrected chi connectivity index (χ0v) is 9.02. The second-order valence-electron chi connectivity index (χ2n) is 3.67. The van der Waals surface area contributed by atoms with Crippen LogP contribution in [0.4, 0.5) is 0 Å². The zero-order chi connectivity index (χ0) is 9.02. The van der Waals surface area contributed by atoms with Crippen LogP contribution < -0.4 is 0 Å². The van der Waals surface area contributed by atoms with Gasteiger partial charge in [0, 0.05) is 24.0 Å². The van der Waals surface area contributed by atoms with E-state index in [4.69, 9.17) is 11.6 Å². The summed E-state index contributed by atoms with van der Waals surface area (Å²) in [5.74, 6) is 0. The number of alkyl halides is 1. The van der Waals surface area contributed by atoms with E-state index in [1.54, 1.807) is 0 Å². The van der Waals surface area contributed by atoms with E-state index in [0.29, 0.717) is 12.1 Å². The van der Waals surface area contributed by atoms with Crippen LogP contribution in [0.3, 0.4) is 0 Å². The van der Waals surface area contributed by atoms with Crippen molar-refractivity contribution >= 4 is 11.6 Å². The number of hydrogen-bond donors (Lipinski definition) is 0. The summed E-state index contributed by atoms with van der Waals surface area (Å²) in [4.78, 5) is 2.40. The first-order chi connectivity index (χ1) is 4.95. The molecule has 2 heteroatoms. The molecule has 0 aliphatic carbocycles. The molecule has 1 unspecified atom stereocenters. The van der Waals surface area contributed by atoms with Crippen LogP contribution in [0.5, 0.6) is 0 Å². The van der Waals surface area contributed by atoms with E-state index in [1.807, 2.05) is 6.92 Å². The van der Waals surface area contributed by atoms with E-state index in [2.05, 4.69) is 32.6 Å². The van der Waals surface area contributed by atoms with Crippen LogP contribution in [-0.4, -0.2) is 28.9 Å². The first-order valence-corrected chi connectivity index (χ1v) is 4.78. The van der Waals surface area contributed by atoms with Gasteiger partial charge in [-0.25, -0.2) is 0 Å². The Hall–Kier alpha value is 0.250. The van der Waals surface area contributed by atoms with Gasteiger partial charge in [0.15, 0.2) is 0 Å². The third-order valence-electron chi connectivity index (χ3n) is 1.79. The molecule has 0 aliphatic rings. The molecular weight excluding hydrogens is 158 g/mol. The van der Waals surface area contributed by atoms with Gasteiger partial charge < -0.3 is 0 Å². The third kappa shape index (κ3) is 4.65. The third-order valence-corrected chi connectivity index (χ3v) is 1.93. The van der Waals surface area contributed by atoms with Crippen LogP contribution in [0.25, 0.3) is 0 Å². The van der Waals surface area contributed by atoms with E-state index in [9.17, 15) is 0 Å². The van der Waals surface area contributed by atoms with Gasteiger partial charge in [-0.15, -0.1) is 11.6 Å². The van der Waals surface area contributed by atoms with E-state index in [1.165, 1.54) is 0 Å². The quantitative estimate of drug-likeness (QED) is 0.597. The van der Waals surface area contributed by atoms with E-state index < -0.39 is 0 Å². The minimum absolute atomic E-state index is 0.250. The van der Waals surface area contributed by atoms with Crippen molar-refractivity contribution < 1.29 is 0 Å². The molecule has 68 valence electrons. The highest BCUT2D eigenvalue weighted by Crippen LogP contribution is 2.08. The summed E-state index contributed by atoms with van der Waals surface area (Å²) in [5, 5.41) is 0.250. The van der Waals surface area contributed by atoms with Crippen molar-refractivity contribution in [3.63, 3.8) is 0 Å². The molecule has 11 heavy (non-hydrogen) atoms. The molecule has 0 N–H and O–H groups in total. The zero-order valence-electron chi connectivity index (χ0n) is 8.26. The van der Waals surface area contributed by atoms with Gasteiger partial charge in [0.1, 0.15) is 0 Å². The molecule has 0 spiro atoms. The summed E-state index contributed by atoms with van der Waals surface area (Å²) in [6.45, 7) is 11.9. The molecule has 0 radical (unpaired) electrons. The Morgan fingerprint density at radius 3 is 1.45 bits per heavy atom. The number of halogens is 1. The molecule has 0 fully saturated rings. The molecule has 0 aliphatic heterocycles. The highest BCUT2D eigenvalue weighted by molar-refractivity contribution is 6.20. The van der Waals surface area contributed by atoms with Crippen molar-refractivity contribution in [1.29, 1.82) is 0 Å². The van der Waals surface area contributed by atoms with Gasteiger partial charge in [-0.3, -0.25) is 4.90 Å². The fraction of sp³-hybridized carbons (Fsp3) is 1.00. The molecule has 0 rings (SSSR count). The first kappa shape index (κ1) is 11.2. The lowest BCUT2D eigenvalue weighted by atomic mass is 10.2. The van der Waals surface area contributed by atoms with Crippen LogP contribution in [0.1, 0.15) is 34.6 Å². The van der Waals surface area contributed by atoms with Gasteiger partial charge >= 0.3 is 0 Å². The summed E-state index contributed by atoms with van der Waals surface area (Å²) in [7, 11) is 0. The smallest absolute Gasteiger partial charge is 0.0435 e. The summed E-state index contributed by atoms with van der Waals surface area (Å²) in [6.07, 6.45) is 0. The summed E-state index contributed by atoms with van der Waals surface area (Å²) < 4.78 is 0. The normalized spacial score (nSPS) is 15.0. The number of nitrogens with zero attached hydrogens (tertiary/aromatic N) is 1. The molecule has 0 aromatic rings. The standard InChI is InChI=1S/C9H20ClN/c1-7(2)11(8(3)4)6-9(5)10/h7-9H,6H2,1-5H3. The van der Waals surface area contributed by atoms with Crippen molar-refractivity contribution in [3.05, 3.63) is 0 Å². The predicted molar refractivity (Wildman–Crippen MR) is 52.3 cm³/mol. The molecule has 0 saturated heterocycles. The lowest BCUT2D eigenvalue weighted by Crippen LogP contribution is -2.40. The van der Waals surface area contributed by atoms with Crippen molar-refractivity contribution in [3.8, 4) is 0 Å². The van der Waals surface area contributed by atoms with Crippen LogP contribution in [0.2, 0.25) is 0 Å². The van der Waals surface area contributed by atoms with Gasteiger partial charge in [0.25, 0.3) is 0 Å². The highest BCUT2D eigenvalue weighted by Gasteiger charge is 2.14. The molecule has 1 nitrogen and oxygen atoms in total. The maximum Gasteiger partial charge on any atom is 0.0435 e. The van der Waals surface area contributed by atoms with E-state index in [-0.39, 0.29) is 5.38 Å². The minimum atomic E-state index is 0.250. The highest BCUT2D eigenvalue weighted by atomic mass is 35.5. The Labute approximate surface area is 75.7 Å². The molecule has 0 aromatic heterocycles. The Bertz CT molecular complexity index is 91.7. The Morgan fingerprint density at radius 2 is 1.36 bits per heavy atom. The predicted octanol–water partition coefficient (Wildman–Crippen LogP) is 2.73. The Kier molecular flexibility index (Phi) is 5.11. The molecule has 0 bridgehead atoms. The minimum Gasteiger partial charge on any atom is -0.297 e. The Balaban J connectivity index is 3.90. The van der Waals surface area contributed by atoms with Crippen molar-refractivity contribution in [2.75, 3.05) is 6.54 Å². The second kappa shape index (κ2) is 5.00. The average molecular weight is 178 g/mol. The van der Waals surface area contributed by atoms with Gasteiger partial charge in [-0.2, -0.15) is 0 Å². The van der Waals surface area contributed by atoms with Crippen LogP contribution >= 0.6 is 11.6 Å². The maximum absolute atomic E-state index is 5.92. The first-order valence-electron chi connectivity index (χ1n) is 4.35. The van der Waals surface area contributed by atoms with Crippen molar-refractivity contribution in [1.82, 2.24) is 4.90 Å². The van der Waals surface area contributed by atoms with Crippen LogP contribution in [-0.2, 0) is 0 Å². The lowest BCUT2D eigenvalue weighted by Gasteiger charge is -2.31. The van der Waals surface area contributed by atoms with Gasteiger partial charge in [-0.1, -0.05) is 0 Å². The molecule has 1 atom stereocenters. The number of hydrogen-bond acceptors (Lipinski definition) is 1. The van der Waals surface area contributed by atoms with Crippen LogP contribution in [0.15, 0.2) is 0 Å². The number of rotatable bonds is 4. The van der Waals surface area contributed by atoms with E-state index >= 15 is 0 Å². The molecule has 0 saturated carbocycles. The van der Waals surface area contributed by atoms with Crippen molar-refractivity contribution in [2.24, 2.45) is 0 Å². The molecule has 0 heterocycles. The fourth-order valence-electron chi connectivity index (χ4n) is 1.31. The summed E-state index contributed by atoms with van der Waals surface area (Å²) in [5.41, 5.74) is 0. The average Bonchev–Trinajstić information content (AvgIpc) is 1.81. The van der Waals surface area contributed by atoms with Gasteiger partial charge in [-0.05, 0) is 34.6 Å². The SMILES string of the molecule is CC(Cl)CN(C(C)C)C(C)C. The largest absolute Gasteiger partial charge is 0.297 e. The molecule has 0 aromatic carbocycles. The fourth-order valence-corrected chi connectivity index (χ4v) is 1.47. The molecular formula is C9H20ClN. The van der Waals surface area contributed by atoms with Crippen molar-refractivity contribution in [2.45, 2.75) is 52.1 Å². The monoisotopic (exact) mass is 177 g/mol. The van der Waals surface area contributed by atoms with Gasteiger partial charge in [0.2, 0.25) is 0 Å². The lowest BCUT2D eigenvalue weighted by molar-refractivity contribution is 0.177. The topological polar surface area (TPSA) is 3.24 Å². The summed E-state index contributed by atoms with van der Waals surface area (Å²) in [6, 6.07) is 1.19. The molecule has 0 amide bonds. The maximum atomic E-state index is 5.92. The van der Waals surface area contributed by atoms with E-state index in [0.717, 1.165) is 6.54 Å². The van der Waals surface area contributed by atoms with Crippen LogP contribution in [0, 0.1) is 0 Å². The van der Waals surface area contributed by atoms with Gasteiger partial charge in [0.05, 0.1) is 0 Å². The second-order valence-corrected chi connectivity index (χ2v) is 4.41.